The number of ether oxygens (including phenoxy) is 1. The molecule has 0 fully saturated rings. The molecular formula is C22H18N4O2S. The molecule has 4 rings (SSSR count). The average Bonchev–Trinajstić information content (AvgIpc) is 3.12. The van der Waals surface area contributed by atoms with E-state index in [1.165, 1.54) is 11.8 Å². The van der Waals surface area contributed by atoms with Crippen LogP contribution in [0.25, 0.3) is 16.7 Å². The van der Waals surface area contributed by atoms with Gasteiger partial charge in [-0.15, -0.1) is 0 Å². The summed E-state index contributed by atoms with van der Waals surface area (Å²) in [6.07, 6.45) is 0. The molecule has 4 aromatic rings. The van der Waals surface area contributed by atoms with Crippen molar-refractivity contribution in [1.29, 1.82) is 5.26 Å². The molecule has 0 spiro atoms. The van der Waals surface area contributed by atoms with Crippen molar-refractivity contribution in [3.8, 4) is 11.8 Å². The molecule has 6 nitrogen and oxygen atoms in total. The number of pyridine rings is 1. The molecule has 0 bridgehead atoms. The summed E-state index contributed by atoms with van der Waals surface area (Å²) < 4.78 is 7.08. The Bertz CT molecular complexity index is 1260. The second-order valence-corrected chi connectivity index (χ2v) is 7.47. The zero-order chi connectivity index (χ0) is 20.4. The first-order chi connectivity index (χ1) is 14.1. The molecular weight excluding hydrogens is 384 g/mol. The Kier molecular flexibility index (Phi) is 5.10. The average molecular weight is 402 g/mol. The van der Waals surface area contributed by atoms with E-state index < -0.39 is 0 Å². The van der Waals surface area contributed by atoms with E-state index in [-0.39, 0.29) is 11.7 Å². The molecule has 29 heavy (non-hydrogen) atoms. The van der Waals surface area contributed by atoms with Gasteiger partial charge < -0.3 is 10.1 Å². The third-order valence-corrected chi connectivity index (χ3v) is 5.58. The number of hydrogen-bond acceptors (Lipinski definition) is 5. The summed E-state index contributed by atoms with van der Waals surface area (Å²) in [7, 11) is 1.60. The van der Waals surface area contributed by atoms with Crippen LogP contribution in [0, 0.1) is 18.3 Å². The monoisotopic (exact) mass is 402 g/mol. The van der Waals surface area contributed by atoms with Gasteiger partial charge in [0, 0.05) is 5.69 Å². The van der Waals surface area contributed by atoms with Crippen LogP contribution in [-0.4, -0.2) is 28.2 Å². The fourth-order valence-electron chi connectivity index (χ4n) is 3.17. The number of fused-ring (bicyclic) bond motifs is 3. The Hall–Kier alpha value is -3.50. The highest BCUT2D eigenvalue weighted by Crippen LogP contribution is 2.29. The number of methoxy groups -OCH3 is 1. The van der Waals surface area contributed by atoms with E-state index in [4.69, 9.17) is 4.74 Å². The normalized spacial score (nSPS) is 10.8. The molecule has 2 aromatic heterocycles. The maximum atomic E-state index is 12.4. The predicted molar refractivity (Wildman–Crippen MR) is 114 cm³/mol. The number of anilines is 1. The van der Waals surface area contributed by atoms with Crippen molar-refractivity contribution in [3.05, 3.63) is 65.7 Å². The smallest absolute Gasteiger partial charge is 0.234 e. The minimum absolute atomic E-state index is 0.111. The van der Waals surface area contributed by atoms with Gasteiger partial charge in [-0.05, 0) is 55.0 Å². The van der Waals surface area contributed by atoms with Gasteiger partial charge in [-0.3, -0.25) is 9.20 Å². The second-order valence-electron chi connectivity index (χ2n) is 6.48. The van der Waals surface area contributed by atoms with Gasteiger partial charge in [-0.25, -0.2) is 4.98 Å². The van der Waals surface area contributed by atoms with Gasteiger partial charge in [0.2, 0.25) is 5.91 Å². The van der Waals surface area contributed by atoms with Crippen LogP contribution in [0.3, 0.4) is 0 Å². The molecule has 0 radical (unpaired) electrons. The third kappa shape index (κ3) is 3.62. The van der Waals surface area contributed by atoms with Crippen LogP contribution in [0.1, 0.15) is 11.1 Å². The van der Waals surface area contributed by atoms with Gasteiger partial charge in [-0.1, -0.05) is 23.9 Å². The number of nitrogens with one attached hydrogen (secondary N) is 1. The highest BCUT2D eigenvalue weighted by molar-refractivity contribution is 7.99. The first-order valence-electron chi connectivity index (χ1n) is 8.98. The first-order valence-corrected chi connectivity index (χ1v) is 9.97. The summed E-state index contributed by atoms with van der Waals surface area (Å²) in [5, 5.41) is 13.3. The lowest BCUT2D eigenvalue weighted by atomic mass is 10.2. The van der Waals surface area contributed by atoms with Crippen molar-refractivity contribution in [1.82, 2.24) is 9.38 Å². The Morgan fingerprint density at radius 2 is 2.00 bits per heavy atom. The van der Waals surface area contributed by atoms with Crippen molar-refractivity contribution < 1.29 is 9.53 Å². The van der Waals surface area contributed by atoms with E-state index >= 15 is 0 Å². The number of rotatable bonds is 5. The standard InChI is InChI=1S/C22H18N4O2S/c1-14-11-21(29-13-20(27)24-15-7-9-16(28-2)10-8-15)26-19-6-4-3-5-18(19)25-22(26)17(14)12-23/h3-11H,13H2,1-2H3,(H,24,27). The highest BCUT2D eigenvalue weighted by Gasteiger charge is 2.16. The molecule has 0 atom stereocenters. The summed E-state index contributed by atoms with van der Waals surface area (Å²) in [6, 6.07) is 19.1. The van der Waals surface area contributed by atoms with Crippen LogP contribution in [0.5, 0.6) is 5.75 Å². The van der Waals surface area contributed by atoms with Crippen LogP contribution < -0.4 is 10.1 Å². The number of carbonyl (C=O) groups is 1. The molecule has 2 aromatic carbocycles. The minimum atomic E-state index is -0.111. The Labute approximate surface area is 172 Å². The number of para-hydroxylation sites is 2. The number of aryl methyl sites for hydroxylation is 1. The number of nitriles is 1. The Balaban J connectivity index is 1.62. The Morgan fingerprint density at radius 1 is 1.24 bits per heavy atom. The molecule has 0 saturated carbocycles. The Morgan fingerprint density at radius 3 is 2.72 bits per heavy atom. The summed E-state index contributed by atoms with van der Waals surface area (Å²) in [5.74, 6) is 0.860. The maximum absolute atomic E-state index is 12.4. The van der Waals surface area contributed by atoms with Gasteiger partial charge >= 0.3 is 0 Å². The molecule has 7 heteroatoms. The third-order valence-electron chi connectivity index (χ3n) is 4.58. The predicted octanol–water partition coefficient (Wildman–Crippen LogP) is 4.41. The van der Waals surface area contributed by atoms with Crippen LogP contribution >= 0.6 is 11.8 Å². The van der Waals surface area contributed by atoms with Crippen molar-refractivity contribution >= 4 is 40.0 Å². The topological polar surface area (TPSA) is 79.4 Å². The number of nitrogens with zero attached hydrogens (tertiary/aromatic N) is 3. The summed E-state index contributed by atoms with van der Waals surface area (Å²) in [4.78, 5) is 17.1. The molecule has 0 saturated heterocycles. The van der Waals surface area contributed by atoms with Gasteiger partial charge in [0.1, 0.15) is 11.8 Å². The number of hydrogen-bond donors (Lipinski definition) is 1. The number of carbonyl (C=O) groups excluding carboxylic acids is 1. The quantitative estimate of drug-likeness (QED) is 0.500. The van der Waals surface area contributed by atoms with Gasteiger partial charge in [0.25, 0.3) is 0 Å². The fraction of sp³-hybridized carbons (Fsp3) is 0.136. The summed E-state index contributed by atoms with van der Waals surface area (Å²) >= 11 is 1.41. The molecule has 1 amide bonds. The van der Waals surface area contributed by atoms with Crippen molar-refractivity contribution in [3.63, 3.8) is 0 Å². The van der Waals surface area contributed by atoms with Crippen molar-refractivity contribution in [2.45, 2.75) is 11.9 Å². The van der Waals surface area contributed by atoms with E-state index in [1.807, 2.05) is 41.7 Å². The molecule has 144 valence electrons. The SMILES string of the molecule is COc1ccc(NC(=O)CSc2cc(C)c(C#N)c3nc4ccccc4n23)cc1. The van der Waals surface area contributed by atoms with Crippen molar-refractivity contribution in [2.75, 3.05) is 18.2 Å². The van der Waals surface area contributed by atoms with Crippen LogP contribution in [-0.2, 0) is 4.79 Å². The summed E-state index contributed by atoms with van der Waals surface area (Å²) in [5.41, 5.74) is 4.45. The number of amides is 1. The number of aromatic nitrogens is 2. The molecule has 0 unspecified atom stereocenters. The van der Waals surface area contributed by atoms with Crippen LogP contribution in [0.15, 0.2) is 59.6 Å². The van der Waals surface area contributed by atoms with Crippen molar-refractivity contribution in [2.24, 2.45) is 0 Å². The largest absolute Gasteiger partial charge is 0.497 e. The van der Waals surface area contributed by atoms with E-state index in [0.29, 0.717) is 16.9 Å². The molecule has 0 aliphatic rings. The molecule has 0 aliphatic carbocycles. The fourth-order valence-corrected chi connectivity index (χ4v) is 4.10. The molecule has 0 aliphatic heterocycles. The van der Waals surface area contributed by atoms with Gasteiger partial charge in [0.05, 0.1) is 34.5 Å². The van der Waals surface area contributed by atoms with Gasteiger partial charge in [0.15, 0.2) is 5.65 Å². The lowest BCUT2D eigenvalue weighted by molar-refractivity contribution is -0.113. The van der Waals surface area contributed by atoms with E-state index in [9.17, 15) is 10.1 Å². The van der Waals surface area contributed by atoms with Crippen LogP contribution in [0.2, 0.25) is 0 Å². The second kappa shape index (κ2) is 7.86. The zero-order valence-electron chi connectivity index (χ0n) is 16.0. The lowest BCUT2D eigenvalue weighted by Gasteiger charge is -2.10. The van der Waals surface area contributed by atoms with E-state index in [0.717, 1.165) is 27.4 Å². The molecule has 2 heterocycles. The number of benzene rings is 2. The highest BCUT2D eigenvalue weighted by atomic mass is 32.2. The van der Waals surface area contributed by atoms with E-state index in [2.05, 4.69) is 16.4 Å². The minimum Gasteiger partial charge on any atom is -0.497 e. The van der Waals surface area contributed by atoms with Crippen LogP contribution in [0.4, 0.5) is 5.69 Å². The van der Waals surface area contributed by atoms with Gasteiger partial charge in [-0.2, -0.15) is 5.26 Å². The molecule has 1 N–H and O–H groups in total. The number of thioether (sulfide) groups is 1. The lowest BCUT2D eigenvalue weighted by Crippen LogP contribution is -2.14. The van der Waals surface area contributed by atoms with E-state index in [1.54, 1.807) is 31.4 Å². The summed E-state index contributed by atoms with van der Waals surface area (Å²) in [6.45, 7) is 1.89. The maximum Gasteiger partial charge on any atom is 0.234 e. The number of imidazole rings is 1. The zero-order valence-corrected chi connectivity index (χ0v) is 16.8. The first kappa shape index (κ1) is 18.8.